The van der Waals surface area contributed by atoms with Gasteiger partial charge in [0.05, 0.1) is 0 Å². The van der Waals surface area contributed by atoms with Gasteiger partial charge >= 0.3 is 25.9 Å². The van der Waals surface area contributed by atoms with Crippen molar-refractivity contribution < 1.29 is 21.9 Å². The van der Waals surface area contributed by atoms with Gasteiger partial charge in [-0.25, -0.2) is 0 Å². The lowest BCUT2D eigenvalue weighted by Gasteiger charge is -2.37. The summed E-state index contributed by atoms with van der Waals surface area (Å²) in [6.07, 6.45) is 0. The van der Waals surface area contributed by atoms with Gasteiger partial charge in [0.2, 0.25) is 0 Å². The molecule has 2 N–H and O–H groups in total. The van der Waals surface area contributed by atoms with Gasteiger partial charge in [0.15, 0.2) is 8.32 Å². The maximum Gasteiger partial charge on any atom is 0.508 e. The van der Waals surface area contributed by atoms with E-state index in [0.717, 1.165) is 0 Å². The summed E-state index contributed by atoms with van der Waals surface area (Å²) in [5.41, 5.74) is 4.13. The molecule has 0 fully saturated rings. The van der Waals surface area contributed by atoms with Crippen LogP contribution >= 0.6 is 0 Å². The quantitative estimate of drug-likeness (QED) is 0.623. The average molecular weight is 351 g/mol. The monoisotopic (exact) mass is 350 g/mol. The van der Waals surface area contributed by atoms with Gasteiger partial charge in [-0.2, -0.15) is 0 Å². The van der Waals surface area contributed by atoms with Crippen molar-refractivity contribution in [1.29, 1.82) is 0 Å². The Bertz CT molecular complexity index is 381. The fraction of sp³-hybridized carbons (Fsp3) is 0.455. The molecule has 116 valence electrons. The van der Waals surface area contributed by atoms with E-state index in [9.17, 15) is 9.59 Å². The molecule has 0 aliphatic carbocycles. The van der Waals surface area contributed by atoms with Crippen LogP contribution in [0.1, 0.15) is 0 Å². The first-order valence-corrected chi connectivity index (χ1v) is 16.3. The lowest BCUT2D eigenvalue weighted by atomic mass is 11.3. The van der Waals surface area contributed by atoms with E-state index in [1.54, 1.807) is 12.2 Å². The van der Waals surface area contributed by atoms with Crippen LogP contribution in [-0.2, 0) is 12.3 Å². The van der Waals surface area contributed by atoms with Crippen molar-refractivity contribution >= 4 is 34.2 Å². The molecule has 0 heterocycles. The standard InChI is InChI=1S/C11H26O5Si4/c1-9-18(7,12)15-20(13,11-3)16-19(8,10-2)14-17(4,5)6/h9-13H,1-3H2,4-8H3. The van der Waals surface area contributed by atoms with E-state index < -0.39 is 34.2 Å². The summed E-state index contributed by atoms with van der Waals surface area (Å²) >= 11 is 0. The zero-order valence-corrected chi connectivity index (χ0v) is 17.0. The van der Waals surface area contributed by atoms with Gasteiger partial charge in [-0.15, -0.1) is 13.2 Å². The zero-order valence-electron chi connectivity index (χ0n) is 13.0. The van der Waals surface area contributed by atoms with E-state index in [1.165, 1.54) is 17.9 Å². The summed E-state index contributed by atoms with van der Waals surface area (Å²) in [4.78, 5) is 20.5. The molecule has 0 aliphatic rings. The average Bonchev–Trinajstić information content (AvgIpc) is 2.25. The molecule has 0 spiro atoms. The summed E-state index contributed by atoms with van der Waals surface area (Å²) in [6.45, 7) is 20.1. The Hall–Kier alpha value is -0.112. The fourth-order valence-electron chi connectivity index (χ4n) is 1.44. The second kappa shape index (κ2) is 6.77. The summed E-state index contributed by atoms with van der Waals surface area (Å²) < 4.78 is 17.2. The van der Waals surface area contributed by atoms with Gasteiger partial charge in [0.1, 0.15) is 0 Å². The third kappa shape index (κ3) is 7.06. The molecule has 0 aliphatic heterocycles. The predicted octanol–water partition coefficient (Wildman–Crippen LogP) is 2.11. The summed E-state index contributed by atoms with van der Waals surface area (Å²) in [6, 6.07) is 0. The highest BCUT2D eigenvalue weighted by Crippen LogP contribution is 2.23. The second-order valence-corrected chi connectivity index (χ2v) is 19.0. The van der Waals surface area contributed by atoms with Gasteiger partial charge in [-0.1, -0.05) is 18.0 Å². The van der Waals surface area contributed by atoms with Crippen LogP contribution < -0.4 is 0 Å². The predicted molar refractivity (Wildman–Crippen MR) is 90.6 cm³/mol. The Morgan fingerprint density at radius 3 is 1.55 bits per heavy atom. The molecular weight excluding hydrogens is 324 g/mol. The molecule has 0 aromatic rings. The van der Waals surface area contributed by atoms with Crippen molar-refractivity contribution in [2.24, 2.45) is 0 Å². The van der Waals surface area contributed by atoms with Crippen molar-refractivity contribution in [2.45, 2.75) is 32.7 Å². The first-order chi connectivity index (χ1) is 8.80. The van der Waals surface area contributed by atoms with Gasteiger partial charge in [-0.05, 0) is 38.4 Å². The molecule has 3 unspecified atom stereocenters. The van der Waals surface area contributed by atoms with Crippen LogP contribution in [0.3, 0.4) is 0 Å². The smallest absolute Gasteiger partial charge is 0.434 e. The fourth-order valence-corrected chi connectivity index (χ4v) is 13.7. The van der Waals surface area contributed by atoms with Crippen LogP contribution in [0.25, 0.3) is 0 Å². The van der Waals surface area contributed by atoms with Crippen LogP contribution in [0.4, 0.5) is 0 Å². The van der Waals surface area contributed by atoms with E-state index in [1.807, 2.05) is 19.6 Å². The van der Waals surface area contributed by atoms with Crippen LogP contribution in [0.5, 0.6) is 0 Å². The Morgan fingerprint density at radius 1 is 0.750 bits per heavy atom. The molecule has 0 rings (SSSR count). The molecule has 3 atom stereocenters. The molecule has 0 aromatic heterocycles. The first-order valence-electron chi connectivity index (χ1n) is 6.26. The van der Waals surface area contributed by atoms with E-state index in [-0.39, 0.29) is 0 Å². The lowest BCUT2D eigenvalue weighted by Crippen LogP contribution is -2.59. The highest BCUT2D eigenvalue weighted by atomic mass is 28.5. The van der Waals surface area contributed by atoms with Gasteiger partial charge < -0.3 is 21.9 Å². The van der Waals surface area contributed by atoms with Gasteiger partial charge in [0.25, 0.3) is 0 Å². The van der Waals surface area contributed by atoms with E-state index >= 15 is 0 Å². The highest BCUT2D eigenvalue weighted by Gasteiger charge is 2.48. The Morgan fingerprint density at radius 2 is 1.25 bits per heavy atom. The van der Waals surface area contributed by atoms with Crippen molar-refractivity contribution in [3.63, 3.8) is 0 Å². The zero-order chi connectivity index (χ0) is 16.2. The summed E-state index contributed by atoms with van der Waals surface area (Å²) in [7, 11) is -11.6. The minimum Gasteiger partial charge on any atom is -0.434 e. The normalized spacial score (nSPS) is 21.1. The molecule has 0 saturated carbocycles. The maximum absolute atomic E-state index is 10.5. The molecule has 0 amide bonds. The van der Waals surface area contributed by atoms with E-state index in [4.69, 9.17) is 12.3 Å². The maximum atomic E-state index is 10.5. The minimum atomic E-state index is -3.74. The number of hydrogen-bond acceptors (Lipinski definition) is 5. The molecule has 0 radical (unpaired) electrons. The highest BCUT2D eigenvalue weighted by molar-refractivity contribution is 6.91. The van der Waals surface area contributed by atoms with Crippen molar-refractivity contribution in [3.05, 3.63) is 36.8 Å². The minimum absolute atomic E-state index is 1.22. The molecule has 0 bridgehead atoms. The third-order valence-corrected chi connectivity index (χ3v) is 13.9. The van der Waals surface area contributed by atoms with Crippen LogP contribution in [0.15, 0.2) is 36.8 Å². The van der Waals surface area contributed by atoms with Crippen LogP contribution in [-0.4, -0.2) is 43.8 Å². The molecule has 9 heteroatoms. The Labute approximate surface area is 126 Å². The van der Waals surface area contributed by atoms with Gasteiger partial charge in [0, 0.05) is 0 Å². The SMILES string of the molecule is C=C[Si](C)(O)O[Si](O)(C=C)O[Si](C)(C=C)O[Si](C)(C)C. The van der Waals surface area contributed by atoms with Crippen molar-refractivity contribution in [2.75, 3.05) is 0 Å². The molecule has 0 saturated heterocycles. The summed E-state index contributed by atoms with van der Waals surface area (Å²) in [5.74, 6) is 0. The molecular formula is C11H26O5Si4. The molecule has 0 aromatic carbocycles. The lowest BCUT2D eigenvalue weighted by molar-refractivity contribution is 0.218. The largest absolute Gasteiger partial charge is 0.508 e. The van der Waals surface area contributed by atoms with E-state index in [2.05, 4.69) is 19.7 Å². The van der Waals surface area contributed by atoms with Crippen molar-refractivity contribution in [1.82, 2.24) is 0 Å². The van der Waals surface area contributed by atoms with Crippen LogP contribution in [0.2, 0.25) is 32.7 Å². The second-order valence-electron chi connectivity index (χ2n) is 5.73. The van der Waals surface area contributed by atoms with Crippen molar-refractivity contribution in [3.8, 4) is 0 Å². The van der Waals surface area contributed by atoms with Crippen LogP contribution in [0, 0.1) is 0 Å². The number of hydrogen-bond donors (Lipinski definition) is 2. The van der Waals surface area contributed by atoms with Gasteiger partial charge in [-0.3, -0.25) is 0 Å². The molecule has 5 nitrogen and oxygen atoms in total. The Balaban J connectivity index is 5.21. The third-order valence-electron chi connectivity index (χ3n) is 2.22. The topological polar surface area (TPSA) is 68.2 Å². The molecule has 20 heavy (non-hydrogen) atoms. The summed E-state index contributed by atoms with van der Waals surface area (Å²) in [5, 5.41) is 0. The first kappa shape index (κ1) is 19.9. The Kier molecular flexibility index (Phi) is 6.73. The number of rotatable bonds is 9. The van der Waals surface area contributed by atoms with E-state index in [0.29, 0.717) is 0 Å².